The molecule has 0 saturated carbocycles. The summed E-state index contributed by atoms with van der Waals surface area (Å²) in [5.74, 6) is -1.76. The van der Waals surface area contributed by atoms with Gasteiger partial charge in [-0.2, -0.15) is 0 Å². The summed E-state index contributed by atoms with van der Waals surface area (Å²) >= 11 is 0. The Kier molecular flexibility index (Phi) is 18.1. The molecular weight excluding hydrogens is 444 g/mol. The number of unbranched alkanes of at least 4 members (excludes halogenated alkanes) is 4. The lowest BCUT2D eigenvalue weighted by molar-refractivity contribution is 0.0686. The monoisotopic (exact) mass is 488 g/mol. The minimum atomic E-state index is -0.879. The molecule has 0 fully saturated rings. The fourth-order valence-corrected chi connectivity index (χ4v) is 3.42. The molecule has 0 radical (unpaired) electrons. The van der Waals surface area contributed by atoms with E-state index in [4.69, 9.17) is 10.2 Å². The number of aliphatic hydroxyl groups is 2. The van der Waals surface area contributed by atoms with Crippen LogP contribution in [-0.2, 0) is 0 Å². The third kappa shape index (κ3) is 17.4. The number of carboxylic acids is 2. The van der Waals surface area contributed by atoms with E-state index < -0.39 is 11.9 Å². The first-order chi connectivity index (χ1) is 16.6. The van der Waals surface area contributed by atoms with Crippen LogP contribution in [0.25, 0.3) is 0 Å². The zero-order chi connectivity index (χ0) is 26.5. The van der Waals surface area contributed by atoms with Gasteiger partial charge in [0.15, 0.2) is 0 Å². The highest BCUT2D eigenvalue weighted by Gasteiger charge is 2.22. The van der Waals surface area contributed by atoms with Crippen LogP contribution in [0.4, 0.5) is 0 Å². The van der Waals surface area contributed by atoms with Crippen molar-refractivity contribution in [3.63, 3.8) is 0 Å². The van der Waals surface area contributed by atoms with E-state index in [0.29, 0.717) is 11.1 Å². The van der Waals surface area contributed by atoms with E-state index in [1.54, 1.807) is 60.7 Å². The van der Waals surface area contributed by atoms with Crippen molar-refractivity contribution < 1.29 is 30.0 Å². The van der Waals surface area contributed by atoms with Gasteiger partial charge < -0.3 is 20.4 Å². The Hall–Kier alpha value is -2.70. The molecule has 4 N–H and O–H groups in total. The fourth-order valence-electron chi connectivity index (χ4n) is 3.42. The fraction of sp³-hybridized carbons (Fsp3) is 0.517. The van der Waals surface area contributed by atoms with Crippen LogP contribution in [0.2, 0.25) is 0 Å². The Morgan fingerprint density at radius 2 is 1.20 bits per heavy atom. The van der Waals surface area contributed by atoms with Crippen LogP contribution in [0.15, 0.2) is 60.7 Å². The third-order valence-corrected chi connectivity index (χ3v) is 5.71. The summed E-state index contributed by atoms with van der Waals surface area (Å²) in [5.41, 5.74) is 0.733. The molecule has 0 aliphatic carbocycles. The van der Waals surface area contributed by atoms with Crippen molar-refractivity contribution in [3.05, 3.63) is 71.8 Å². The Labute approximate surface area is 210 Å². The summed E-state index contributed by atoms with van der Waals surface area (Å²) in [6.07, 6.45) is 10.3. The zero-order valence-corrected chi connectivity index (χ0v) is 21.5. The van der Waals surface area contributed by atoms with Crippen LogP contribution < -0.4 is 0 Å². The molecular formula is C29H44O6. The lowest BCUT2D eigenvalue weighted by Gasteiger charge is -2.27. The molecule has 35 heavy (non-hydrogen) atoms. The smallest absolute Gasteiger partial charge is 0.335 e. The minimum Gasteiger partial charge on any atom is -0.478 e. The first-order valence-corrected chi connectivity index (χ1v) is 12.5. The van der Waals surface area contributed by atoms with Gasteiger partial charge in [-0.15, -0.1) is 0 Å². The largest absolute Gasteiger partial charge is 0.478 e. The van der Waals surface area contributed by atoms with Crippen LogP contribution in [0.3, 0.4) is 0 Å². The van der Waals surface area contributed by atoms with Crippen molar-refractivity contribution in [3.8, 4) is 0 Å². The van der Waals surface area contributed by atoms with Crippen LogP contribution >= 0.6 is 0 Å². The number of aromatic carboxylic acids is 2. The molecule has 0 heterocycles. The second-order valence-corrected chi connectivity index (χ2v) is 9.22. The summed E-state index contributed by atoms with van der Waals surface area (Å²) in [4.78, 5) is 20.4. The maximum absolute atomic E-state index is 10.2. The first kappa shape index (κ1) is 32.3. The van der Waals surface area contributed by atoms with Crippen molar-refractivity contribution in [1.29, 1.82) is 0 Å². The zero-order valence-electron chi connectivity index (χ0n) is 21.5. The molecule has 0 spiro atoms. The highest BCUT2D eigenvalue weighted by atomic mass is 16.4. The molecule has 2 aromatic rings. The maximum Gasteiger partial charge on any atom is 0.335 e. The molecule has 2 atom stereocenters. The first-order valence-electron chi connectivity index (χ1n) is 12.5. The van der Waals surface area contributed by atoms with Gasteiger partial charge in [0, 0.05) is 6.61 Å². The van der Waals surface area contributed by atoms with Gasteiger partial charge in [-0.05, 0) is 55.9 Å². The van der Waals surface area contributed by atoms with E-state index in [-0.39, 0.29) is 18.1 Å². The van der Waals surface area contributed by atoms with E-state index in [1.807, 2.05) is 6.92 Å². The molecule has 0 amide bonds. The minimum absolute atomic E-state index is 0.0705. The van der Waals surface area contributed by atoms with Crippen molar-refractivity contribution in [2.24, 2.45) is 5.41 Å². The Morgan fingerprint density at radius 1 is 0.771 bits per heavy atom. The Balaban J connectivity index is 0.000000538. The SMILES string of the molecule is CCCCCCCC(C)(CO)CCCC(C)O.O=C(O)c1ccccc1.O=C(O)c1ccccc1. The Morgan fingerprint density at radius 3 is 1.54 bits per heavy atom. The predicted octanol–water partition coefficient (Wildman–Crippen LogP) is 6.67. The number of aliphatic hydroxyl groups excluding tert-OH is 2. The molecule has 2 unspecified atom stereocenters. The van der Waals surface area contributed by atoms with Crippen LogP contribution in [0.1, 0.15) is 99.3 Å². The number of hydrogen-bond acceptors (Lipinski definition) is 4. The van der Waals surface area contributed by atoms with Gasteiger partial charge in [0.25, 0.3) is 0 Å². The van der Waals surface area contributed by atoms with Gasteiger partial charge in [-0.25, -0.2) is 9.59 Å². The van der Waals surface area contributed by atoms with Crippen molar-refractivity contribution in [2.45, 2.75) is 84.7 Å². The van der Waals surface area contributed by atoms with Gasteiger partial charge in [0.1, 0.15) is 0 Å². The summed E-state index contributed by atoms with van der Waals surface area (Å²) in [6, 6.07) is 16.6. The second kappa shape index (κ2) is 19.6. The van der Waals surface area contributed by atoms with Gasteiger partial charge in [0.05, 0.1) is 17.2 Å². The molecule has 6 nitrogen and oxygen atoms in total. The molecule has 0 saturated heterocycles. The lowest BCUT2D eigenvalue weighted by atomic mass is 9.80. The van der Waals surface area contributed by atoms with Gasteiger partial charge >= 0.3 is 11.9 Å². The van der Waals surface area contributed by atoms with Gasteiger partial charge in [-0.3, -0.25) is 0 Å². The van der Waals surface area contributed by atoms with Crippen LogP contribution in [0, 0.1) is 5.41 Å². The van der Waals surface area contributed by atoms with E-state index in [9.17, 15) is 19.8 Å². The number of benzene rings is 2. The molecule has 0 aliphatic rings. The maximum atomic E-state index is 10.2. The highest BCUT2D eigenvalue weighted by Crippen LogP contribution is 2.30. The summed E-state index contributed by atoms with van der Waals surface area (Å²) < 4.78 is 0. The average Bonchev–Trinajstić information content (AvgIpc) is 2.85. The van der Waals surface area contributed by atoms with E-state index >= 15 is 0 Å². The topological polar surface area (TPSA) is 115 Å². The van der Waals surface area contributed by atoms with Crippen molar-refractivity contribution >= 4 is 11.9 Å². The van der Waals surface area contributed by atoms with Gasteiger partial charge in [-0.1, -0.05) is 88.8 Å². The quantitative estimate of drug-likeness (QED) is 0.234. The molecule has 2 aromatic carbocycles. The standard InChI is InChI=1S/C15H32O2.2C7H6O2/c1-4-5-6-7-8-11-15(3,13-16)12-9-10-14(2)17;2*8-7(9)6-4-2-1-3-5-6/h14,16-17H,4-13H2,1-3H3;2*1-5H,(H,8,9). The van der Waals surface area contributed by atoms with Crippen LogP contribution in [-0.4, -0.2) is 45.1 Å². The molecule has 0 aromatic heterocycles. The van der Waals surface area contributed by atoms with Crippen molar-refractivity contribution in [1.82, 2.24) is 0 Å². The average molecular weight is 489 g/mol. The van der Waals surface area contributed by atoms with Gasteiger partial charge in [0.2, 0.25) is 0 Å². The lowest BCUT2D eigenvalue weighted by Crippen LogP contribution is -2.21. The third-order valence-electron chi connectivity index (χ3n) is 5.71. The number of rotatable bonds is 13. The highest BCUT2D eigenvalue weighted by molar-refractivity contribution is 5.87. The molecule has 0 bridgehead atoms. The van der Waals surface area contributed by atoms with Crippen LogP contribution in [0.5, 0.6) is 0 Å². The number of carboxylic acid groups (broad SMARTS) is 2. The predicted molar refractivity (Wildman–Crippen MR) is 141 cm³/mol. The van der Waals surface area contributed by atoms with E-state index in [0.717, 1.165) is 25.7 Å². The summed E-state index contributed by atoms with van der Waals surface area (Å²) in [7, 11) is 0. The van der Waals surface area contributed by atoms with E-state index in [2.05, 4.69) is 13.8 Å². The second-order valence-electron chi connectivity index (χ2n) is 9.22. The molecule has 0 aliphatic heterocycles. The normalized spacial score (nSPS) is 12.7. The molecule has 6 heteroatoms. The Bertz CT molecular complexity index is 742. The summed E-state index contributed by atoms with van der Waals surface area (Å²) in [6.45, 7) is 6.52. The molecule has 196 valence electrons. The summed E-state index contributed by atoms with van der Waals surface area (Å²) in [5, 5.41) is 35.5. The number of hydrogen-bond donors (Lipinski definition) is 4. The molecule has 2 rings (SSSR count). The van der Waals surface area contributed by atoms with Crippen molar-refractivity contribution in [2.75, 3.05) is 6.61 Å². The van der Waals surface area contributed by atoms with E-state index in [1.165, 1.54) is 32.1 Å². The number of carbonyl (C=O) groups is 2.